The molecule has 0 fully saturated rings. The summed E-state index contributed by atoms with van der Waals surface area (Å²) in [5.41, 5.74) is 13.9. The van der Waals surface area contributed by atoms with Crippen LogP contribution in [-0.2, 0) is 6.54 Å². The van der Waals surface area contributed by atoms with Crippen molar-refractivity contribution in [1.82, 2.24) is 0 Å². The summed E-state index contributed by atoms with van der Waals surface area (Å²) in [6.45, 7) is 1.89. The quantitative estimate of drug-likeness (QED) is 0.445. The number of allylic oxidation sites excluding steroid dienone is 15. The highest BCUT2D eigenvalue weighted by atomic mass is 14.9. The molecule has 0 amide bonds. The first-order valence-electron chi connectivity index (χ1n) is 11.6. The zero-order valence-electron chi connectivity index (χ0n) is 18.1. The highest BCUT2D eigenvalue weighted by molar-refractivity contribution is 5.67. The summed E-state index contributed by atoms with van der Waals surface area (Å²) in [5, 5.41) is 0. The molecule has 2 nitrogen and oxygen atoms in total. The van der Waals surface area contributed by atoms with Gasteiger partial charge in [-0.2, -0.15) is 0 Å². The Bertz CT molecular complexity index is 1080. The number of nitrogens with two attached hydrogens (primary N) is 1. The van der Waals surface area contributed by atoms with Gasteiger partial charge in [-0.05, 0) is 52.8 Å². The molecule has 4 aliphatic rings. The number of hydrogen-bond acceptors (Lipinski definition) is 1. The summed E-state index contributed by atoms with van der Waals surface area (Å²) in [5.74, 6) is 0.918. The molecule has 0 aliphatic heterocycles. The molecule has 0 spiro atoms. The Morgan fingerprint density at radius 1 is 0.774 bits per heavy atom. The van der Waals surface area contributed by atoms with Crippen molar-refractivity contribution in [1.29, 1.82) is 0 Å². The summed E-state index contributed by atoms with van der Waals surface area (Å²) < 4.78 is 2.28. The van der Waals surface area contributed by atoms with Gasteiger partial charge in [0.25, 0.3) is 0 Å². The van der Waals surface area contributed by atoms with Gasteiger partial charge in [0.05, 0.1) is 0 Å². The van der Waals surface area contributed by atoms with Crippen LogP contribution in [0, 0.1) is 11.8 Å². The van der Waals surface area contributed by atoms with Gasteiger partial charge in [-0.25, -0.2) is 4.57 Å². The van der Waals surface area contributed by atoms with Gasteiger partial charge in [0, 0.05) is 30.4 Å². The highest BCUT2D eigenvalue weighted by Crippen LogP contribution is 2.50. The molecule has 1 aromatic heterocycles. The van der Waals surface area contributed by atoms with Crippen LogP contribution < -0.4 is 10.3 Å². The molecule has 0 saturated carbocycles. The number of aromatic nitrogens is 1. The molecule has 5 rings (SSSR count). The van der Waals surface area contributed by atoms with E-state index in [4.69, 9.17) is 5.73 Å². The van der Waals surface area contributed by atoms with Crippen LogP contribution in [0.3, 0.4) is 0 Å². The molecule has 31 heavy (non-hydrogen) atoms. The van der Waals surface area contributed by atoms with Crippen LogP contribution in [0.25, 0.3) is 6.08 Å². The van der Waals surface area contributed by atoms with Gasteiger partial charge in [0.1, 0.15) is 6.54 Å². The maximum absolute atomic E-state index is 5.57. The van der Waals surface area contributed by atoms with Crippen molar-refractivity contribution >= 4 is 6.08 Å². The van der Waals surface area contributed by atoms with Crippen LogP contribution in [0.1, 0.15) is 31.2 Å². The lowest BCUT2D eigenvalue weighted by molar-refractivity contribution is -0.697. The van der Waals surface area contributed by atoms with E-state index < -0.39 is 0 Å². The Labute approximate surface area is 185 Å². The standard InChI is InChI=1S/C29H31N2/c30-17-3-1-2-4-18-31-19-15-22(16-20-31)11-12-25-21-26-9-5-7-23-13-14-24-8-6-10-27(25)29(24)28(23)26/h5-16,19-21,28-29H,1-4,17-18,30H2/q+1/b12-11+. The van der Waals surface area contributed by atoms with Crippen LogP contribution in [0.15, 0.2) is 113 Å². The number of rotatable bonds is 8. The van der Waals surface area contributed by atoms with E-state index in [2.05, 4.69) is 95.9 Å². The van der Waals surface area contributed by atoms with Crippen molar-refractivity contribution in [2.24, 2.45) is 17.6 Å². The SMILES string of the molecule is NCCCCCC[n+]1ccc(/C=C/C2=CC3=CC=CC4=CC=C5C=CC=C2C5C43)cc1. The lowest BCUT2D eigenvalue weighted by atomic mass is 9.62. The van der Waals surface area contributed by atoms with E-state index in [1.807, 2.05) is 0 Å². The minimum absolute atomic E-state index is 0.447. The Morgan fingerprint density at radius 3 is 2.32 bits per heavy atom. The lowest BCUT2D eigenvalue weighted by Gasteiger charge is -2.41. The fourth-order valence-corrected chi connectivity index (χ4v) is 5.12. The molecule has 156 valence electrons. The molecule has 1 heterocycles. The number of pyridine rings is 1. The smallest absolute Gasteiger partial charge is 0.169 e. The maximum Gasteiger partial charge on any atom is 0.169 e. The molecule has 4 aliphatic carbocycles. The molecule has 0 radical (unpaired) electrons. The topological polar surface area (TPSA) is 29.9 Å². The third-order valence-electron chi connectivity index (χ3n) is 6.75. The van der Waals surface area contributed by atoms with E-state index >= 15 is 0 Å². The summed E-state index contributed by atoms with van der Waals surface area (Å²) >= 11 is 0. The van der Waals surface area contributed by atoms with E-state index in [0.29, 0.717) is 11.8 Å². The Kier molecular flexibility index (Phi) is 5.82. The second-order valence-corrected chi connectivity index (χ2v) is 8.80. The molecular formula is C29H31N2+. The molecule has 0 aromatic carbocycles. The van der Waals surface area contributed by atoms with E-state index in [0.717, 1.165) is 19.5 Å². The molecule has 0 saturated heterocycles. The summed E-state index contributed by atoms with van der Waals surface area (Å²) in [6, 6.07) is 4.43. The van der Waals surface area contributed by atoms with Crippen LogP contribution in [-0.4, -0.2) is 6.54 Å². The van der Waals surface area contributed by atoms with Crippen molar-refractivity contribution in [3.8, 4) is 0 Å². The van der Waals surface area contributed by atoms with Gasteiger partial charge < -0.3 is 5.73 Å². The Hall–Kier alpha value is -2.97. The lowest BCUT2D eigenvalue weighted by Crippen LogP contribution is -2.32. The minimum Gasteiger partial charge on any atom is -0.330 e. The van der Waals surface area contributed by atoms with Gasteiger partial charge >= 0.3 is 0 Å². The fraction of sp³-hybridized carbons (Fsp3) is 0.276. The van der Waals surface area contributed by atoms with E-state index in [1.54, 1.807) is 0 Å². The van der Waals surface area contributed by atoms with E-state index in [1.165, 1.54) is 52.7 Å². The van der Waals surface area contributed by atoms with Crippen LogP contribution in [0.4, 0.5) is 0 Å². The molecule has 0 bridgehead atoms. The van der Waals surface area contributed by atoms with Crippen molar-refractivity contribution in [2.45, 2.75) is 32.2 Å². The summed E-state index contributed by atoms with van der Waals surface area (Å²) in [4.78, 5) is 0. The first-order chi connectivity index (χ1) is 15.3. The number of hydrogen-bond donors (Lipinski definition) is 1. The monoisotopic (exact) mass is 407 g/mol. The van der Waals surface area contributed by atoms with Crippen molar-refractivity contribution < 1.29 is 4.57 Å². The zero-order chi connectivity index (χ0) is 21.0. The van der Waals surface area contributed by atoms with Gasteiger partial charge in [0.15, 0.2) is 12.4 Å². The molecular weight excluding hydrogens is 376 g/mol. The predicted octanol–water partition coefficient (Wildman–Crippen LogP) is 5.54. The number of nitrogens with zero attached hydrogens (tertiary/aromatic N) is 1. The molecule has 1 aromatic rings. The predicted molar refractivity (Wildman–Crippen MR) is 129 cm³/mol. The molecule has 2 heteroatoms. The Balaban J connectivity index is 1.32. The first kappa shape index (κ1) is 20.0. The number of aryl methyl sites for hydroxylation is 1. The van der Waals surface area contributed by atoms with Crippen LogP contribution >= 0.6 is 0 Å². The maximum atomic E-state index is 5.57. The summed E-state index contributed by atoms with van der Waals surface area (Å²) in [7, 11) is 0. The van der Waals surface area contributed by atoms with Gasteiger partial charge in [-0.3, -0.25) is 0 Å². The number of unbranched alkanes of at least 4 members (excludes halogenated alkanes) is 3. The normalized spacial score (nSPS) is 23.1. The molecule has 2 N–H and O–H groups in total. The third kappa shape index (κ3) is 4.13. The molecule has 2 atom stereocenters. The van der Waals surface area contributed by atoms with Crippen molar-refractivity contribution in [3.63, 3.8) is 0 Å². The Morgan fingerprint density at radius 2 is 1.52 bits per heavy atom. The average molecular weight is 408 g/mol. The van der Waals surface area contributed by atoms with E-state index in [9.17, 15) is 0 Å². The first-order valence-corrected chi connectivity index (χ1v) is 11.6. The van der Waals surface area contributed by atoms with Crippen LogP contribution in [0.2, 0.25) is 0 Å². The van der Waals surface area contributed by atoms with Gasteiger partial charge in [-0.15, -0.1) is 0 Å². The van der Waals surface area contributed by atoms with Gasteiger partial charge in [0.2, 0.25) is 0 Å². The largest absolute Gasteiger partial charge is 0.330 e. The fourth-order valence-electron chi connectivity index (χ4n) is 5.12. The van der Waals surface area contributed by atoms with Crippen molar-refractivity contribution in [3.05, 3.63) is 119 Å². The highest BCUT2D eigenvalue weighted by Gasteiger charge is 2.38. The van der Waals surface area contributed by atoms with Crippen LogP contribution in [0.5, 0.6) is 0 Å². The van der Waals surface area contributed by atoms with Crippen molar-refractivity contribution in [2.75, 3.05) is 6.54 Å². The second kappa shape index (κ2) is 9.03. The zero-order valence-corrected chi connectivity index (χ0v) is 18.1. The minimum atomic E-state index is 0.447. The summed E-state index contributed by atoms with van der Waals surface area (Å²) in [6.07, 6.45) is 34.3. The average Bonchev–Trinajstić information content (AvgIpc) is 2.82. The molecule has 2 unspecified atom stereocenters. The van der Waals surface area contributed by atoms with E-state index in [-0.39, 0.29) is 0 Å². The van der Waals surface area contributed by atoms with Gasteiger partial charge in [-0.1, -0.05) is 73.3 Å². The third-order valence-corrected chi connectivity index (χ3v) is 6.75. The second-order valence-electron chi connectivity index (χ2n) is 8.80.